The summed E-state index contributed by atoms with van der Waals surface area (Å²) in [4.78, 5) is 14.2. The maximum atomic E-state index is 11.5. The van der Waals surface area contributed by atoms with E-state index in [1.165, 1.54) is 0 Å². The second kappa shape index (κ2) is 5.67. The molecule has 8 nitrogen and oxygen atoms in total. The Morgan fingerprint density at radius 2 is 1.92 bits per heavy atom. The van der Waals surface area contributed by atoms with Crippen LogP contribution in [-0.2, 0) is 15.1 Å². The number of rotatable bonds is 2. The van der Waals surface area contributed by atoms with Crippen molar-refractivity contribution in [1.82, 2.24) is 4.98 Å². The first kappa shape index (κ1) is 17.6. The molecule has 2 aromatic rings. The van der Waals surface area contributed by atoms with E-state index in [-0.39, 0.29) is 10.7 Å². The standard InChI is InChI=1S/C14H13BrClNO7/c15-14(12(21)22)11(20)13(23,8(18)10(19)24-14)7-5-3-1-2-4-6(5)17-9(7)16/h1-4,8,10-11,17-20,23H,(H,21,22)/t8-,10+,11-,13+,14-/m0/s1. The van der Waals surface area contributed by atoms with Gasteiger partial charge in [0.25, 0.3) is 4.51 Å². The van der Waals surface area contributed by atoms with Gasteiger partial charge in [0.05, 0.1) is 0 Å². The number of carbonyl (C=O) groups is 1. The van der Waals surface area contributed by atoms with E-state index >= 15 is 0 Å². The fourth-order valence-corrected chi connectivity index (χ4v) is 3.81. The van der Waals surface area contributed by atoms with E-state index in [4.69, 9.17) is 16.3 Å². The summed E-state index contributed by atoms with van der Waals surface area (Å²) in [6, 6.07) is 6.53. The third-order valence-electron chi connectivity index (χ3n) is 4.13. The van der Waals surface area contributed by atoms with Gasteiger partial charge in [0.1, 0.15) is 17.4 Å². The fraction of sp³-hybridized carbons (Fsp3) is 0.357. The van der Waals surface area contributed by atoms with Gasteiger partial charge in [0.2, 0.25) is 0 Å². The lowest BCUT2D eigenvalue weighted by molar-refractivity contribution is -0.325. The molecule has 1 aromatic heterocycles. The minimum absolute atomic E-state index is 0.119. The Balaban J connectivity index is 2.29. The average Bonchev–Trinajstić information content (AvgIpc) is 2.87. The highest BCUT2D eigenvalue weighted by atomic mass is 79.9. The number of para-hydroxylation sites is 1. The molecule has 1 saturated heterocycles. The summed E-state index contributed by atoms with van der Waals surface area (Å²) >= 11 is 8.81. The molecule has 0 bridgehead atoms. The summed E-state index contributed by atoms with van der Waals surface area (Å²) in [6.45, 7) is 0. The third kappa shape index (κ3) is 2.21. The highest BCUT2D eigenvalue weighted by Crippen LogP contribution is 2.49. The zero-order valence-electron chi connectivity index (χ0n) is 11.8. The van der Waals surface area contributed by atoms with Crippen molar-refractivity contribution < 1.29 is 35.1 Å². The number of hydrogen-bond acceptors (Lipinski definition) is 6. The number of aromatic amines is 1. The van der Waals surface area contributed by atoms with Crippen LogP contribution in [0.4, 0.5) is 0 Å². The molecule has 0 amide bonds. The van der Waals surface area contributed by atoms with E-state index < -0.39 is 34.6 Å². The second-order valence-corrected chi connectivity index (χ2v) is 7.05. The molecular formula is C14H13BrClNO7. The monoisotopic (exact) mass is 421 g/mol. The number of aliphatic carboxylic acids is 1. The van der Waals surface area contributed by atoms with E-state index in [9.17, 15) is 30.3 Å². The number of alkyl halides is 1. The predicted molar refractivity (Wildman–Crippen MR) is 85.6 cm³/mol. The number of aromatic nitrogens is 1. The molecule has 1 aromatic carbocycles. The molecule has 24 heavy (non-hydrogen) atoms. The normalized spacial score (nSPS) is 36.8. The zero-order valence-corrected chi connectivity index (χ0v) is 14.2. The van der Waals surface area contributed by atoms with Crippen molar-refractivity contribution in [2.75, 3.05) is 0 Å². The minimum Gasteiger partial charge on any atom is -0.478 e. The minimum atomic E-state index is -2.63. The number of halogens is 2. The SMILES string of the molecule is O=C(O)[C@@]1(Br)O[C@@H](O)[C@H](O)[C@](O)(c2c(Cl)[nH]c3ccccc23)[C@@H]1O. The number of carboxylic acid groups (broad SMARTS) is 1. The van der Waals surface area contributed by atoms with Gasteiger partial charge in [-0.2, -0.15) is 0 Å². The van der Waals surface area contributed by atoms with Crippen LogP contribution < -0.4 is 0 Å². The Labute approximate surface area is 148 Å². The van der Waals surface area contributed by atoms with Crippen LogP contribution in [0.25, 0.3) is 10.9 Å². The van der Waals surface area contributed by atoms with Gasteiger partial charge in [-0.25, -0.2) is 4.79 Å². The summed E-state index contributed by atoms with van der Waals surface area (Å²) in [7, 11) is 0. The van der Waals surface area contributed by atoms with Crippen molar-refractivity contribution in [2.24, 2.45) is 0 Å². The van der Waals surface area contributed by atoms with Gasteiger partial charge in [-0.3, -0.25) is 0 Å². The van der Waals surface area contributed by atoms with E-state index in [0.29, 0.717) is 10.9 Å². The molecular weight excluding hydrogens is 410 g/mol. The summed E-state index contributed by atoms with van der Waals surface area (Å²) in [5.41, 5.74) is -2.29. The molecule has 10 heteroatoms. The van der Waals surface area contributed by atoms with Gasteiger partial charge in [0.15, 0.2) is 11.9 Å². The van der Waals surface area contributed by atoms with Crippen molar-refractivity contribution in [3.05, 3.63) is 35.0 Å². The zero-order chi connectivity index (χ0) is 17.9. The molecule has 0 spiro atoms. The molecule has 0 radical (unpaired) electrons. The van der Waals surface area contributed by atoms with Gasteiger partial charge >= 0.3 is 5.97 Å². The second-order valence-electron chi connectivity index (χ2n) is 5.49. The summed E-state index contributed by atoms with van der Waals surface area (Å²) in [5, 5.41) is 51.3. The first-order valence-corrected chi connectivity index (χ1v) is 7.94. The van der Waals surface area contributed by atoms with Crippen LogP contribution in [0.3, 0.4) is 0 Å². The summed E-state index contributed by atoms with van der Waals surface area (Å²) in [5.74, 6) is -1.70. The van der Waals surface area contributed by atoms with E-state index in [2.05, 4.69) is 20.9 Å². The smallest absolute Gasteiger partial charge is 0.350 e. The molecule has 2 heterocycles. The van der Waals surface area contributed by atoms with E-state index in [1.54, 1.807) is 24.3 Å². The summed E-state index contributed by atoms with van der Waals surface area (Å²) < 4.78 is 2.21. The maximum absolute atomic E-state index is 11.5. The Hall–Kier alpha value is -1.20. The van der Waals surface area contributed by atoms with Crippen LogP contribution >= 0.6 is 27.5 Å². The lowest BCUT2D eigenvalue weighted by atomic mass is 9.78. The van der Waals surface area contributed by atoms with Crippen LogP contribution in [0.2, 0.25) is 5.15 Å². The number of H-pyrrole nitrogens is 1. The van der Waals surface area contributed by atoms with Gasteiger partial charge < -0.3 is 35.3 Å². The van der Waals surface area contributed by atoms with E-state index in [0.717, 1.165) is 0 Å². The van der Waals surface area contributed by atoms with E-state index in [1.807, 2.05) is 0 Å². The fourth-order valence-electron chi connectivity index (χ4n) is 2.92. The molecule has 0 aliphatic carbocycles. The van der Waals surface area contributed by atoms with Gasteiger partial charge in [0, 0.05) is 16.5 Å². The molecule has 3 rings (SSSR count). The molecule has 0 saturated carbocycles. The predicted octanol–water partition coefficient (Wildman–Crippen LogP) is 0.255. The molecule has 130 valence electrons. The maximum Gasteiger partial charge on any atom is 0.350 e. The molecule has 6 N–H and O–H groups in total. The van der Waals surface area contributed by atoms with Crippen molar-refractivity contribution in [3.8, 4) is 0 Å². The molecule has 5 atom stereocenters. The van der Waals surface area contributed by atoms with Crippen molar-refractivity contribution in [2.45, 2.75) is 28.6 Å². The van der Waals surface area contributed by atoms with Crippen LogP contribution in [0.1, 0.15) is 5.56 Å². The number of hydrogen-bond donors (Lipinski definition) is 6. The Bertz CT molecular complexity index is 814. The number of carboxylic acids is 1. The van der Waals surface area contributed by atoms with Gasteiger partial charge in [-0.15, -0.1) is 0 Å². The van der Waals surface area contributed by atoms with Crippen LogP contribution in [0, 0.1) is 0 Å². The number of fused-ring (bicyclic) bond motifs is 1. The first-order chi connectivity index (χ1) is 11.1. The number of nitrogens with one attached hydrogen (secondary N) is 1. The summed E-state index contributed by atoms with van der Waals surface area (Å²) in [6.07, 6.45) is -6.36. The third-order valence-corrected chi connectivity index (χ3v) is 5.38. The van der Waals surface area contributed by atoms with Crippen molar-refractivity contribution >= 4 is 44.4 Å². The Morgan fingerprint density at radius 1 is 1.29 bits per heavy atom. The highest BCUT2D eigenvalue weighted by Gasteiger charge is 2.66. The Kier molecular flexibility index (Phi) is 4.16. The first-order valence-electron chi connectivity index (χ1n) is 6.77. The quantitative estimate of drug-likeness (QED) is 0.381. The lowest BCUT2D eigenvalue weighted by Gasteiger charge is -2.49. The van der Waals surface area contributed by atoms with Gasteiger partial charge in [-0.05, 0) is 22.0 Å². The molecule has 1 aliphatic heterocycles. The van der Waals surface area contributed by atoms with Crippen LogP contribution in [-0.4, -0.2) is 59.5 Å². The highest BCUT2D eigenvalue weighted by molar-refractivity contribution is 9.10. The Morgan fingerprint density at radius 3 is 2.54 bits per heavy atom. The molecule has 1 fully saturated rings. The van der Waals surface area contributed by atoms with Crippen molar-refractivity contribution in [1.29, 1.82) is 0 Å². The largest absolute Gasteiger partial charge is 0.478 e. The molecule has 0 unspecified atom stereocenters. The number of benzene rings is 1. The van der Waals surface area contributed by atoms with Crippen molar-refractivity contribution in [3.63, 3.8) is 0 Å². The van der Waals surface area contributed by atoms with Gasteiger partial charge in [-0.1, -0.05) is 29.8 Å². The van der Waals surface area contributed by atoms with Crippen LogP contribution in [0.5, 0.6) is 0 Å². The lowest BCUT2D eigenvalue weighted by Crippen LogP contribution is -2.69. The molecule has 1 aliphatic rings. The average molecular weight is 423 g/mol. The van der Waals surface area contributed by atoms with Crippen LogP contribution in [0.15, 0.2) is 24.3 Å². The number of aliphatic hydroxyl groups excluding tert-OH is 3. The number of aliphatic hydroxyl groups is 4. The number of ether oxygens (including phenoxy) is 1. The topological polar surface area (TPSA) is 143 Å².